The van der Waals surface area contributed by atoms with Crippen LogP contribution in [-0.4, -0.2) is 10.9 Å². The van der Waals surface area contributed by atoms with Crippen LogP contribution in [0.4, 0.5) is 0 Å². The van der Waals surface area contributed by atoms with Gasteiger partial charge in [-0.2, -0.15) is 0 Å². The molecule has 0 radical (unpaired) electrons. The monoisotopic (exact) mass is 251 g/mol. The Kier molecular flexibility index (Phi) is 3.04. The van der Waals surface area contributed by atoms with Crippen LogP contribution in [0, 0.1) is 5.41 Å². The van der Waals surface area contributed by atoms with Crippen LogP contribution in [0.25, 0.3) is 0 Å². The van der Waals surface area contributed by atoms with Gasteiger partial charge in [-0.05, 0) is 36.8 Å². The maximum atomic E-state index is 2.71. The van der Waals surface area contributed by atoms with Crippen LogP contribution in [0.3, 0.4) is 0 Å². The van der Waals surface area contributed by atoms with Crippen LogP contribution >= 0.6 is 12.4 Å². The number of fused-ring (bicyclic) bond motifs is 5. The fraction of sp³-hybridized carbons (Fsp3) is 0.600. The molecule has 2 aliphatic heterocycles. The quantitative estimate of drug-likeness (QED) is 0.718. The van der Waals surface area contributed by atoms with Crippen LogP contribution in [0.2, 0.25) is 0 Å². The number of benzene rings is 1. The molecule has 0 aliphatic carbocycles. The highest BCUT2D eigenvalue weighted by atomic mass is 35.5. The lowest BCUT2D eigenvalue weighted by molar-refractivity contribution is 0.140. The normalized spacial score (nSPS) is 29.2. The third kappa shape index (κ3) is 1.63. The van der Waals surface area contributed by atoms with Crippen molar-refractivity contribution >= 4 is 12.4 Å². The lowest BCUT2D eigenvalue weighted by atomic mass is 9.74. The van der Waals surface area contributed by atoms with Crippen LogP contribution in [0.5, 0.6) is 0 Å². The van der Waals surface area contributed by atoms with E-state index in [1.54, 1.807) is 11.1 Å². The average molecular weight is 252 g/mol. The van der Waals surface area contributed by atoms with Crippen molar-refractivity contribution in [2.45, 2.75) is 52.2 Å². The predicted octanol–water partition coefficient (Wildman–Crippen LogP) is 4.34. The Morgan fingerprint density at radius 1 is 1.18 bits per heavy atom. The molecule has 0 amide bonds. The van der Waals surface area contributed by atoms with Gasteiger partial charge in [0.1, 0.15) is 0 Å². The van der Waals surface area contributed by atoms with Gasteiger partial charge in [-0.1, -0.05) is 38.1 Å². The molecular weight excluding hydrogens is 230 g/mol. The summed E-state index contributed by atoms with van der Waals surface area (Å²) in [5, 5.41) is 0. The minimum atomic E-state index is 0. The van der Waals surface area contributed by atoms with E-state index >= 15 is 0 Å². The minimum Gasteiger partial charge on any atom is -0.286 e. The molecule has 0 saturated carbocycles. The third-order valence-corrected chi connectivity index (χ3v) is 4.36. The van der Waals surface area contributed by atoms with Crippen molar-refractivity contribution in [2.24, 2.45) is 5.41 Å². The zero-order valence-corrected chi connectivity index (χ0v) is 11.9. The summed E-state index contributed by atoms with van der Waals surface area (Å²) in [5.74, 6) is 0. The molecule has 0 N–H and O–H groups in total. The van der Waals surface area contributed by atoms with E-state index in [-0.39, 0.29) is 12.4 Å². The first-order valence-corrected chi connectivity index (χ1v) is 6.38. The van der Waals surface area contributed by atoms with Crippen molar-refractivity contribution in [3.8, 4) is 0 Å². The lowest BCUT2D eigenvalue weighted by Gasteiger charge is -2.33. The molecule has 1 aromatic rings. The Bertz CT molecular complexity index is 425. The molecule has 1 nitrogen and oxygen atoms in total. The Morgan fingerprint density at radius 3 is 2.35 bits per heavy atom. The minimum absolute atomic E-state index is 0. The van der Waals surface area contributed by atoms with E-state index in [1.807, 2.05) is 0 Å². The van der Waals surface area contributed by atoms with Crippen molar-refractivity contribution in [1.29, 1.82) is 0 Å². The molecule has 94 valence electrons. The molecule has 2 aliphatic rings. The summed E-state index contributed by atoms with van der Waals surface area (Å²) < 4.78 is 0. The SMILES string of the molecule is CC(C)N1C2CC(C)(C)C1c1ccccc12.Cl. The lowest BCUT2D eigenvalue weighted by Crippen LogP contribution is -2.30. The predicted molar refractivity (Wildman–Crippen MR) is 74.5 cm³/mol. The standard InChI is InChI=1S/C15H21N.ClH/c1-10(2)16-13-9-15(3,4)14(16)12-8-6-5-7-11(12)13;/h5-8,10,13-14H,9H2,1-4H3;1H. The maximum Gasteiger partial charge on any atom is 0.0411 e. The molecular formula is C15H22ClN. The fourth-order valence-electron chi connectivity index (χ4n) is 3.87. The summed E-state index contributed by atoms with van der Waals surface area (Å²) in [5.41, 5.74) is 3.60. The second-order valence-corrected chi connectivity index (χ2v) is 6.28. The summed E-state index contributed by atoms with van der Waals surface area (Å²) in [6.07, 6.45) is 1.31. The first kappa shape index (κ1) is 12.9. The Labute approximate surface area is 111 Å². The number of rotatable bonds is 1. The molecule has 1 saturated heterocycles. The average Bonchev–Trinajstić information content (AvgIpc) is 2.67. The summed E-state index contributed by atoms with van der Waals surface area (Å²) in [6.45, 7) is 9.49. The van der Waals surface area contributed by atoms with E-state index in [2.05, 4.69) is 56.9 Å². The van der Waals surface area contributed by atoms with Gasteiger partial charge in [-0.25, -0.2) is 0 Å². The number of hydrogen-bond donors (Lipinski definition) is 0. The van der Waals surface area contributed by atoms with Crippen molar-refractivity contribution in [2.75, 3.05) is 0 Å². The van der Waals surface area contributed by atoms with E-state index in [0.717, 1.165) is 0 Å². The number of halogens is 1. The summed E-state index contributed by atoms with van der Waals surface area (Å²) in [7, 11) is 0. The molecule has 3 rings (SSSR count). The van der Waals surface area contributed by atoms with Crippen molar-refractivity contribution in [3.05, 3.63) is 35.4 Å². The fourth-order valence-corrected chi connectivity index (χ4v) is 3.87. The molecule has 17 heavy (non-hydrogen) atoms. The molecule has 1 aromatic carbocycles. The van der Waals surface area contributed by atoms with Crippen molar-refractivity contribution in [3.63, 3.8) is 0 Å². The third-order valence-electron chi connectivity index (χ3n) is 4.36. The summed E-state index contributed by atoms with van der Waals surface area (Å²) in [4.78, 5) is 2.71. The van der Waals surface area contributed by atoms with Crippen molar-refractivity contribution < 1.29 is 0 Å². The Balaban J connectivity index is 0.00000108. The molecule has 2 unspecified atom stereocenters. The van der Waals surface area contributed by atoms with Crippen LogP contribution < -0.4 is 0 Å². The largest absolute Gasteiger partial charge is 0.286 e. The smallest absolute Gasteiger partial charge is 0.0411 e. The highest BCUT2D eigenvalue weighted by Crippen LogP contribution is 2.62. The van der Waals surface area contributed by atoms with E-state index in [1.165, 1.54) is 6.42 Å². The van der Waals surface area contributed by atoms with Gasteiger partial charge in [0.05, 0.1) is 0 Å². The van der Waals surface area contributed by atoms with Gasteiger partial charge in [-0.15, -0.1) is 12.4 Å². The van der Waals surface area contributed by atoms with Gasteiger partial charge in [0.2, 0.25) is 0 Å². The number of nitrogens with zero attached hydrogens (tertiary/aromatic N) is 1. The van der Waals surface area contributed by atoms with Crippen LogP contribution in [0.1, 0.15) is 57.3 Å². The molecule has 1 fully saturated rings. The second kappa shape index (κ2) is 4.00. The highest BCUT2D eigenvalue weighted by molar-refractivity contribution is 5.85. The summed E-state index contributed by atoms with van der Waals surface area (Å²) in [6, 6.07) is 11.0. The summed E-state index contributed by atoms with van der Waals surface area (Å²) >= 11 is 0. The van der Waals surface area contributed by atoms with Gasteiger partial charge >= 0.3 is 0 Å². The topological polar surface area (TPSA) is 3.24 Å². The Hall–Kier alpha value is -0.530. The van der Waals surface area contributed by atoms with Crippen LogP contribution in [-0.2, 0) is 0 Å². The second-order valence-electron chi connectivity index (χ2n) is 6.28. The molecule has 2 atom stereocenters. The van der Waals surface area contributed by atoms with E-state index in [0.29, 0.717) is 23.5 Å². The highest BCUT2D eigenvalue weighted by Gasteiger charge is 2.54. The molecule has 0 aromatic heterocycles. The number of hydrogen-bond acceptors (Lipinski definition) is 1. The Morgan fingerprint density at radius 2 is 1.76 bits per heavy atom. The van der Waals surface area contributed by atoms with Gasteiger partial charge < -0.3 is 0 Å². The van der Waals surface area contributed by atoms with Gasteiger partial charge in [-0.3, -0.25) is 4.90 Å². The molecule has 2 heteroatoms. The van der Waals surface area contributed by atoms with Gasteiger partial charge in [0.15, 0.2) is 0 Å². The first-order chi connectivity index (χ1) is 7.52. The first-order valence-electron chi connectivity index (χ1n) is 6.38. The van der Waals surface area contributed by atoms with E-state index < -0.39 is 0 Å². The van der Waals surface area contributed by atoms with Crippen molar-refractivity contribution in [1.82, 2.24) is 4.90 Å². The zero-order valence-electron chi connectivity index (χ0n) is 11.1. The zero-order chi connectivity index (χ0) is 11.5. The maximum absolute atomic E-state index is 2.71. The van der Waals surface area contributed by atoms with Gasteiger partial charge in [0.25, 0.3) is 0 Å². The van der Waals surface area contributed by atoms with E-state index in [4.69, 9.17) is 0 Å². The molecule has 2 heterocycles. The van der Waals surface area contributed by atoms with Gasteiger partial charge in [0, 0.05) is 18.1 Å². The molecule has 2 bridgehead atoms. The van der Waals surface area contributed by atoms with E-state index in [9.17, 15) is 0 Å². The molecule has 0 spiro atoms. The van der Waals surface area contributed by atoms with Crippen LogP contribution in [0.15, 0.2) is 24.3 Å².